The van der Waals surface area contributed by atoms with Crippen LogP contribution in [-0.2, 0) is 20.9 Å². The van der Waals surface area contributed by atoms with E-state index in [0.717, 1.165) is 5.56 Å². The lowest BCUT2D eigenvalue weighted by atomic mass is 10.0. The molecule has 1 aliphatic rings. The van der Waals surface area contributed by atoms with Gasteiger partial charge in [-0.1, -0.05) is 30.3 Å². The van der Waals surface area contributed by atoms with Crippen molar-refractivity contribution < 1.29 is 14.4 Å². The van der Waals surface area contributed by atoms with E-state index in [0.29, 0.717) is 37.3 Å². The lowest BCUT2D eigenvalue weighted by Gasteiger charge is -2.26. The molecular weight excluding hydrogens is 354 g/mol. The van der Waals surface area contributed by atoms with Gasteiger partial charge in [-0.25, -0.2) is 0 Å². The molecule has 6 heteroatoms. The van der Waals surface area contributed by atoms with Crippen molar-refractivity contribution >= 4 is 29.1 Å². The van der Waals surface area contributed by atoms with Crippen LogP contribution < -0.4 is 10.6 Å². The largest absolute Gasteiger partial charge is 0.338 e. The maximum Gasteiger partial charge on any atom is 0.240 e. The quantitative estimate of drug-likeness (QED) is 0.724. The van der Waals surface area contributed by atoms with Crippen LogP contribution >= 0.6 is 0 Å². The van der Waals surface area contributed by atoms with E-state index in [9.17, 15) is 14.4 Å². The standard InChI is InChI=1S/C22H25N3O3/c1-3-25(15-17-7-5-4-6-8-17)21(28)22(13-14-22)20(27)24-19-11-9-18(10-12-19)23-16(2)26/h4-12H,3,13-15H2,1-2H3,(H,23,26)(H,24,27). The molecule has 6 nitrogen and oxygen atoms in total. The van der Waals surface area contributed by atoms with E-state index in [1.54, 1.807) is 29.2 Å². The summed E-state index contributed by atoms with van der Waals surface area (Å²) in [6, 6.07) is 16.6. The molecule has 0 unspecified atom stereocenters. The molecule has 0 heterocycles. The van der Waals surface area contributed by atoms with Crippen molar-refractivity contribution in [2.45, 2.75) is 33.2 Å². The zero-order valence-corrected chi connectivity index (χ0v) is 16.2. The highest BCUT2D eigenvalue weighted by Crippen LogP contribution is 2.48. The van der Waals surface area contributed by atoms with Crippen molar-refractivity contribution in [3.05, 3.63) is 60.2 Å². The minimum atomic E-state index is -0.971. The number of benzene rings is 2. The molecule has 0 aliphatic heterocycles. The fourth-order valence-electron chi connectivity index (χ4n) is 3.19. The molecule has 0 atom stereocenters. The normalized spacial score (nSPS) is 14.1. The molecule has 0 radical (unpaired) electrons. The summed E-state index contributed by atoms with van der Waals surface area (Å²) in [5.74, 6) is -0.542. The fourth-order valence-corrected chi connectivity index (χ4v) is 3.19. The van der Waals surface area contributed by atoms with Crippen LogP contribution in [0.4, 0.5) is 11.4 Å². The molecule has 0 spiro atoms. The molecule has 1 saturated carbocycles. The molecule has 2 N–H and O–H groups in total. The van der Waals surface area contributed by atoms with Gasteiger partial charge in [0.1, 0.15) is 5.41 Å². The fraction of sp³-hybridized carbons (Fsp3) is 0.318. The maximum atomic E-state index is 13.1. The highest BCUT2D eigenvalue weighted by atomic mass is 16.2. The van der Waals surface area contributed by atoms with Crippen molar-refractivity contribution in [2.75, 3.05) is 17.2 Å². The van der Waals surface area contributed by atoms with Crippen LogP contribution in [0.2, 0.25) is 0 Å². The van der Waals surface area contributed by atoms with Gasteiger partial charge in [0, 0.05) is 31.4 Å². The highest BCUT2D eigenvalue weighted by Gasteiger charge is 2.57. The van der Waals surface area contributed by atoms with Crippen molar-refractivity contribution in [3.63, 3.8) is 0 Å². The van der Waals surface area contributed by atoms with E-state index in [4.69, 9.17) is 0 Å². The van der Waals surface area contributed by atoms with Gasteiger partial charge < -0.3 is 15.5 Å². The second kappa shape index (κ2) is 8.25. The number of rotatable bonds is 7. The summed E-state index contributed by atoms with van der Waals surface area (Å²) in [7, 11) is 0. The first-order valence-electron chi connectivity index (χ1n) is 9.47. The van der Waals surface area contributed by atoms with Crippen LogP contribution in [0.25, 0.3) is 0 Å². The van der Waals surface area contributed by atoms with E-state index in [1.165, 1.54) is 6.92 Å². The molecular formula is C22H25N3O3. The lowest BCUT2D eigenvalue weighted by Crippen LogP contribution is -2.42. The van der Waals surface area contributed by atoms with Gasteiger partial charge in [0.25, 0.3) is 0 Å². The van der Waals surface area contributed by atoms with Gasteiger partial charge in [0.05, 0.1) is 0 Å². The monoisotopic (exact) mass is 379 g/mol. The van der Waals surface area contributed by atoms with E-state index in [1.807, 2.05) is 37.3 Å². The maximum absolute atomic E-state index is 13.1. The molecule has 0 saturated heterocycles. The van der Waals surface area contributed by atoms with Crippen molar-refractivity contribution in [1.82, 2.24) is 4.90 Å². The zero-order chi connectivity index (χ0) is 20.1. The van der Waals surface area contributed by atoms with E-state index in [-0.39, 0.29) is 17.7 Å². The predicted octanol–water partition coefficient (Wildman–Crippen LogP) is 3.41. The van der Waals surface area contributed by atoms with Gasteiger partial charge in [-0.15, -0.1) is 0 Å². The Kier molecular flexibility index (Phi) is 5.78. The molecule has 2 aromatic carbocycles. The first-order chi connectivity index (χ1) is 13.4. The van der Waals surface area contributed by atoms with Crippen LogP contribution in [0.3, 0.4) is 0 Å². The Bertz CT molecular complexity index is 858. The first kappa shape index (κ1) is 19.6. The number of anilines is 2. The number of nitrogens with one attached hydrogen (secondary N) is 2. The average molecular weight is 379 g/mol. The summed E-state index contributed by atoms with van der Waals surface area (Å²) in [6.45, 7) is 4.41. The number of carbonyl (C=O) groups excluding carboxylic acids is 3. The number of hydrogen-bond donors (Lipinski definition) is 2. The molecule has 0 aromatic heterocycles. The average Bonchev–Trinajstić information content (AvgIpc) is 3.49. The van der Waals surface area contributed by atoms with Crippen LogP contribution in [0.5, 0.6) is 0 Å². The summed E-state index contributed by atoms with van der Waals surface area (Å²) < 4.78 is 0. The van der Waals surface area contributed by atoms with Gasteiger partial charge in [-0.3, -0.25) is 14.4 Å². The Morgan fingerprint density at radius 1 is 0.929 bits per heavy atom. The molecule has 2 aromatic rings. The van der Waals surface area contributed by atoms with Crippen molar-refractivity contribution in [1.29, 1.82) is 0 Å². The second-order valence-corrected chi connectivity index (χ2v) is 7.10. The van der Waals surface area contributed by atoms with Gasteiger partial charge in [-0.2, -0.15) is 0 Å². The Morgan fingerprint density at radius 3 is 2.00 bits per heavy atom. The molecule has 146 valence electrons. The summed E-state index contributed by atoms with van der Waals surface area (Å²) in [4.78, 5) is 38.8. The first-order valence-corrected chi connectivity index (χ1v) is 9.47. The molecule has 3 amide bonds. The third-order valence-corrected chi connectivity index (χ3v) is 4.94. The van der Waals surface area contributed by atoms with E-state index in [2.05, 4.69) is 10.6 Å². The number of hydrogen-bond acceptors (Lipinski definition) is 3. The molecule has 28 heavy (non-hydrogen) atoms. The number of nitrogens with zero attached hydrogens (tertiary/aromatic N) is 1. The summed E-state index contributed by atoms with van der Waals surface area (Å²) in [5.41, 5.74) is 1.33. The van der Waals surface area contributed by atoms with Gasteiger partial charge in [-0.05, 0) is 49.6 Å². The van der Waals surface area contributed by atoms with Crippen LogP contribution in [0.1, 0.15) is 32.3 Å². The van der Waals surface area contributed by atoms with Crippen LogP contribution in [0.15, 0.2) is 54.6 Å². The third-order valence-electron chi connectivity index (χ3n) is 4.94. The lowest BCUT2D eigenvalue weighted by molar-refractivity contribution is -0.142. The Hall–Kier alpha value is -3.15. The van der Waals surface area contributed by atoms with Crippen molar-refractivity contribution in [2.24, 2.45) is 5.41 Å². The van der Waals surface area contributed by atoms with E-state index < -0.39 is 5.41 Å². The summed E-state index contributed by atoms with van der Waals surface area (Å²) >= 11 is 0. The summed E-state index contributed by atoms with van der Waals surface area (Å²) in [6.07, 6.45) is 1.12. The SMILES string of the molecule is CCN(Cc1ccccc1)C(=O)C1(C(=O)Nc2ccc(NC(C)=O)cc2)CC1. The minimum absolute atomic E-state index is 0.119. The third kappa shape index (κ3) is 4.39. The Labute approximate surface area is 164 Å². The van der Waals surface area contributed by atoms with Gasteiger partial charge in [0.15, 0.2) is 0 Å². The summed E-state index contributed by atoms with van der Waals surface area (Å²) in [5, 5.41) is 5.53. The molecule has 1 fully saturated rings. The topological polar surface area (TPSA) is 78.5 Å². The van der Waals surface area contributed by atoms with Crippen LogP contribution in [0, 0.1) is 5.41 Å². The van der Waals surface area contributed by atoms with Crippen molar-refractivity contribution in [3.8, 4) is 0 Å². The number of carbonyl (C=O) groups is 3. The zero-order valence-electron chi connectivity index (χ0n) is 16.2. The Morgan fingerprint density at radius 2 is 1.50 bits per heavy atom. The Balaban J connectivity index is 1.66. The van der Waals surface area contributed by atoms with E-state index >= 15 is 0 Å². The molecule has 0 bridgehead atoms. The van der Waals surface area contributed by atoms with Crippen LogP contribution in [-0.4, -0.2) is 29.2 Å². The minimum Gasteiger partial charge on any atom is -0.338 e. The number of amides is 3. The molecule has 3 rings (SSSR count). The second-order valence-electron chi connectivity index (χ2n) is 7.10. The van der Waals surface area contributed by atoms with Gasteiger partial charge in [0.2, 0.25) is 17.7 Å². The molecule has 1 aliphatic carbocycles. The highest BCUT2D eigenvalue weighted by molar-refractivity contribution is 6.13. The smallest absolute Gasteiger partial charge is 0.240 e. The van der Waals surface area contributed by atoms with Gasteiger partial charge >= 0.3 is 0 Å². The predicted molar refractivity (Wildman–Crippen MR) is 109 cm³/mol.